The Kier molecular flexibility index (Phi) is 4.24. The number of benzene rings is 1. The first-order valence-electron chi connectivity index (χ1n) is 6.07. The standard InChI is InChI=1S/C14H13F2N3O/c1-2-17-13-12(16)11(7-8-18-13)14(20)19-10-5-3-9(15)4-6-10/h3-8H,2H2,1H3,(H,17,18)(H,19,20). The summed E-state index contributed by atoms with van der Waals surface area (Å²) in [4.78, 5) is 15.8. The summed E-state index contributed by atoms with van der Waals surface area (Å²) in [6, 6.07) is 6.51. The molecule has 6 heteroatoms. The lowest BCUT2D eigenvalue weighted by molar-refractivity contribution is 0.102. The number of rotatable bonds is 4. The molecule has 0 unspecified atom stereocenters. The quantitative estimate of drug-likeness (QED) is 0.903. The van der Waals surface area contributed by atoms with E-state index in [1.807, 2.05) is 0 Å². The minimum atomic E-state index is -0.714. The topological polar surface area (TPSA) is 54.0 Å². The van der Waals surface area contributed by atoms with Crippen LogP contribution in [0.2, 0.25) is 0 Å². The smallest absolute Gasteiger partial charge is 0.258 e. The van der Waals surface area contributed by atoms with Crippen LogP contribution in [0, 0.1) is 11.6 Å². The second-order valence-electron chi connectivity index (χ2n) is 4.01. The number of pyridine rings is 1. The summed E-state index contributed by atoms with van der Waals surface area (Å²) in [5, 5.41) is 5.22. The van der Waals surface area contributed by atoms with Crippen LogP contribution in [-0.2, 0) is 0 Å². The zero-order chi connectivity index (χ0) is 14.5. The van der Waals surface area contributed by atoms with Crippen molar-refractivity contribution in [2.75, 3.05) is 17.2 Å². The van der Waals surface area contributed by atoms with Gasteiger partial charge in [-0.15, -0.1) is 0 Å². The lowest BCUT2D eigenvalue weighted by Crippen LogP contribution is -2.15. The molecule has 0 saturated carbocycles. The molecule has 0 atom stereocenters. The van der Waals surface area contributed by atoms with E-state index in [0.29, 0.717) is 12.2 Å². The molecule has 0 fully saturated rings. The average molecular weight is 277 g/mol. The van der Waals surface area contributed by atoms with Gasteiger partial charge >= 0.3 is 0 Å². The molecule has 1 aromatic heterocycles. The molecular weight excluding hydrogens is 264 g/mol. The van der Waals surface area contributed by atoms with Gasteiger partial charge in [0, 0.05) is 18.4 Å². The fourth-order valence-corrected chi connectivity index (χ4v) is 1.64. The van der Waals surface area contributed by atoms with Gasteiger partial charge in [0.2, 0.25) is 0 Å². The second-order valence-corrected chi connectivity index (χ2v) is 4.01. The first-order chi connectivity index (χ1) is 9.61. The van der Waals surface area contributed by atoms with Gasteiger partial charge in [-0.05, 0) is 37.3 Å². The van der Waals surface area contributed by atoms with Crippen molar-refractivity contribution < 1.29 is 13.6 Å². The van der Waals surface area contributed by atoms with Gasteiger partial charge in [0.25, 0.3) is 5.91 Å². The Morgan fingerprint density at radius 3 is 2.55 bits per heavy atom. The SMILES string of the molecule is CCNc1nccc(C(=O)Nc2ccc(F)cc2)c1F. The third kappa shape index (κ3) is 3.09. The maximum atomic E-state index is 14.0. The predicted octanol–water partition coefficient (Wildman–Crippen LogP) is 3.04. The van der Waals surface area contributed by atoms with Crippen LogP contribution in [0.1, 0.15) is 17.3 Å². The van der Waals surface area contributed by atoms with Crippen LogP contribution in [0.3, 0.4) is 0 Å². The van der Waals surface area contributed by atoms with Crippen molar-refractivity contribution in [3.05, 3.63) is 53.7 Å². The molecule has 0 spiro atoms. The second kappa shape index (κ2) is 6.10. The number of amides is 1. The summed E-state index contributed by atoms with van der Waals surface area (Å²) < 4.78 is 26.8. The highest BCUT2D eigenvalue weighted by Crippen LogP contribution is 2.17. The zero-order valence-electron chi connectivity index (χ0n) is 10.8. The molecule has 4 nitrogen and oxygen atoms in total. The summed E-state index contributed by atoms with van der Waals surface area (Å²) in [5.74, 6) is -1.71. The van der Waals surface area contributed by atoms with Crippen molar-refractivity contribution in [3.8, 4) is 0 Å². The lowest BCUT2D eigenvalue weighted by Gasteiger charge is -2.09. The summed E-state index contributed by atoms with van der Waals surface area (Å²) >= 11 is 0. The van der Waals surface area contributed by atoms with Crippen molar-refractivity contribution in [2.24, 2.45) is 0 Å². The minimum Gasteiger partial charge on any atom is -0.368 e. The van der Waals surface area contributed by atoms with E-state index in [1.165, 1.54) is 36.5 Å². The summed E-state index contributed by atoms with van der Waals surface area (Å²) in [7, 11) is 0. The minimum absolute atomic E-state index is 0.0271. The Hall–Kier alpha value is -2.50. The number of halogens is 2. The molecule has 0 aliphatic rings. The molecule has 2 N–H and O–H groups in total. The van der Waals surface area contributed by atoms with Crippen molar-refractivity contribution in [3.63, 3.8) is 0 Å². The van der Waals surface area contributed by atoms with Gasteiger partial charge in [0.1, 0.15) is 5.82 Å². The van der Waals surface area contributed by atoms with E-state index in [-0.39, 0.29) is 11.4 Å². The van der Waals surface area contributed by atoms with Gasteiger partial charge in [-0.2, -0.15) is 0 Å². The van der Waals surface area contributed by atoms with E-state index < -0.39 is 17.5 Å². The molecule has 104 valence electrons. The molecule has 20 heavy (non-hydrogen) atoms. The van der Waals surface area contributed by atoms with Crippen molar-refractivity contribution in [1.29, 1.82) is 0 Å². The van der Waals surface area contributed by atoms with E-state index in [1.54, 1.807) is 6.92 Å². The van der Waals surface area contributed by atoms with Gasteiger partial charge in [-0.1, -0.05) is 0 Å². The molecular formula is C14H13F2N3O. The summed E-state index contributed by atoms with van der Waals surface area (Å²) in [5.41, 5.74) is 0.262. The maximum absolute atomic E-state index is 14.0. The van der Waals surface area contributed by atoms with Gasteiger partial charge in [-0.25, -0.2) is 13.8 Å². The predicted molar refractivity (Wildman–Crippen MR) is 72.7 cm³/mol. The molecule has 0 bridgehead atoms. The van der Waals surface area contributed by atoms with Crippen LogP contribution < -0.4 is 10.6 Å². The van der Waals surface area contributed by atoms with Crippen LogP contribution >= 0.6 is 0 Å². The first-order valence-corrected chi connectivity index (χ1v) is 6.07. The monoisotopic (exact) mass is 277 g/mol. The number of carbonyl (C=O) groups is 1. The number of aromatic nitrogens is 1. The van der Waals surface area contributed by atoms with E-state index in [0.717, 1.165) is 0 Å². The van der Waals surface area contributed by atoms with Crippen molar-refractivity contribution in [1.82, 2.24) is 4.98 Å². The first kappa shape index (κ1) is 13.9. The Bertz CT molecular complexity index is 614. The van der Waals surface area contributed by atoms with E-state index >= 15 is 0 Å². The van der Waals surface area contributed by atoms with E-state index in [4.69, 9.17) is 0 Å². The number of hydrogen-bond acceptors (Lipinski definition) is 3. The number of nitrogens with zero attached hydrogens (tertiary/aromatic N) is 1. The molecule has 1 heterocycles. The summed E-state index contributed by atoms with van der Waals surface area (Å²) in [6.07, 6.45) is 1.35. The maximum Gasteiger partial charge on any atom is 0.258 e. The Morgan fingerprint density at radius 1 is 1.20 bits per heavy atom. The van der Waals surface area contributed by atoms with Crippen molar-refractivity contribution >= 4 is 17.4 Å². The Morgan fingerprint density at radius 2 is 1.90 bits per heavy atom. The van der Waals surface area contributed by atoms with Gasteiger partial charge in [0.15, 0.2) is 11.6 Å². The number of hydrogen-bond donors (Lipinski definition) is 2. The molecule has 1 aromatic carbocycles. The Balaban J connectivity index is 2.21. The molecule has 0 saturated heterocycles. The van der Waals surface area contributed by atoms with E-state index in [9.17, 15) is 13.6 Å². The van der Waals surface area contributed by atoms with E-state index in [2.05, 4.69) is 15.6 Å². The number of anilines is 2. The van der Waals surface area contributed by atoms with Gasteiger partial charge < -0.3 is 10.6 Å². The largest absolute Gasteiger partial charge is 0.368 e. The highest BCUT2D eigenvalue weighted by Gasteiger charge is 2.15. The average Bonchev–Trinajstić information content (AvgIpc) is 2.44. The highest BCUT2D eigenvalue weighted by atomic mass is 19.1. The Labute approximate surface area is 114 Å². The van der Waals surface area contributed by atoms with Crippen LogP contribution in [0.25, 0.3) is 0 Å². The van der Waals surface area contributed by atoms with Gasteiger partial charge in [-0.3, -0.25) is 4.79 Å². The molecule has 1 amide bonds. The van der Waals surface area contributed by atoms with Crippen LogP contribution in [0.4, 0.5) is 20.3 Å². The number of carbonyl (C=O) groups excluding carboxylic acids is 1. The molecule has 2 rings (SSSR count). The van der Waals surface area contributed by atoms with Crippen molar-refractivity contribution in [2.45, 2.75) is 6.92 Å². The zero-order valence-corrected chi connectivity index (χ0v) is 10.8. The molecule has 2 aromatic rings. The van der Waals surface area contributed by atoms with Crippen LogP contribution in [-0.4, -0.2) is 17.4 Å². The lowest BCUT2D eigenvalue weighted by atomic mass is 10.2. The van der Waals surface area contributed by atoms with Gasteiger partial charge in [0.05, 0.1) is 5.56 Å². The third-order valence-electron chi connectivity index (χ3n) is 2.58. The highest BCUT2D eigenvalue weighted by molar-refractivity contribution is 6.04. The molecule has 0 aliphatic heterocycles. The fraction of sp³-hybridized carbons (Fsp3) is 0.143. The fourth-order valence-electron chi connectivity index (χ4n) is 1.64. The van der Waals surface area contributed by atoms with Crippen LogP contribution in [0.15, 0.2) is 36.5 Å². The number of nitrogens with one attached hydrogen (secondary N) is 2. The normalized spacial score (nSPS) is 10.2. The molecule has 0 radical (unpaired) electrons. The molecule has 0 aliphatic carbocycles. The van der Waals surface area contributed by atoms with Crippen LogP contribution in [0.5, 0.6) is 0 Å². The summed E-state index contributed by atoms with van der Waals surface area (Å²) in [6.45, 7) is 2.29. The third-order valence-corrected chi connectivity index (χ3v) is 2.58.